The Morgan fingerprint density at radius 2 is 2.00 bits per heavy atom. The summed E-state index contributed by atoms with van der Waals surface area (Å²) < 4.78 is 12.7. The monoisotopic (exact) mass is 475 g/mol. The number of esters is 1. The van der Waals surface area contributed by atoms with Crippen molar-refractivity contribution in [3.63, 3.8) is 0 Å². The number of thioether (sulfide) groups is 1. The summed E-state index contributed by atoms with van der Waals surface area (Å²) in [4.78, 5) is 28.8. The Morgan fingerprint density at radius 3 is 2.72 bits per heavy atom. The lowest BCUT2D eigenvalue weighted by Crippen LogP contribution is -2.14. The van der Waals surface area contributed by atoms with Gasteiger partial charge in [0.25, 0.3) is 0 Å². The molecule has 0 atom stereocenters. The summed E-state index contributed by atoms with van der Waals surface area (Å²) in [6.07, 6.45) is 0. The van der Waals surface area contributed by atoms with E-state index < -0.39 is 5.97 Å². The van der Waals surface area contributed by atoms with Gasteiger partial charge in [0, 0.05) is 7.05 Å². The van der Waals surface area contributed by atoms with E-state index >= 15 is 0 Å². The number of ether oxygens (including phenoxy) is 2. The first kappa shape index (κ1) is 23.7. The lowest BCUT2D eigenvalue weighted by atomic mass is 10.1. The van der Waals surface area contributed by atoms with Gasteiger partial charge in [-0.2, -0.15) is 0 Å². The Balaban J connectivity index is 1.54. The Kier molecular flexibility index (Phi) is 7.86. The first-order chi connectivity index (χ1) is 15.3. The molecule has 0 aliphatic carbocycles. The Labute approximate surface area is 194 Å². The second-order valence-electron chi connectivity index (χ2n) is 7.01. The van der Waals surface area contributed by atoms with Gasteiger partial charge >= 0.3 is 5.97 Å². The molecule has 11 heteroatoms. The first-order valence-electron chi connectivity index (χ1n) is 9.94. The third kappa shape index (κ3) is 5.86. The van der Waals surface area contributed by atoms with E-state index in [4.69, 9.17) is 9.47 Å². The summed E-state index contributed by atoms with van der Waals surface area (Å²) >= 11 is 2.35. The fourth-order valence-electron chi connectivity index (χ4n) is 2.82. The fourth-order valence-corrected chi connectivity index (χ4v) is 4.43. The van der Waals surface area contributed by atoms with Crippen LogP contribution in [0.3, 0.4) is 0 Å². The Morgan fingerprint density at radius 1 is 1.22 bits per heavy atom. The average Bonchev–Trinajstić information content (AvgIpc) is 3.28. The molecule has 0 saturated heterocycles. The summed E-state index contributed by atoms with van der Waals surface area (Å²) in [6, 6.07) is 6.00. The minimum atomic E-state index is -0.438. The third-order valence-corrected chi connectivity index (χ3v) is 6.52. The van der Waals surface area contributed by atoms with E-state index in [9.17, 15) is 9.59 Å². The summed E-state index contributed by atoms with van der Waals surface area (Å²) in [5, 5.41) is 12.0. The number of hydrogen-bond acceptors (Lipinski definition) is 9. The van der Waals surface area contributed by atoms with Gasteiger partial charge in [0.1, 0.15) is 17.2 Å². The fraction of sp³-hybridized carbons (Fsp3) is 0.381. The number of aromatic nitrogens is 4. The molecule has 0 saturated carbocycles. The number of benzene rings is 1. The van der Waals surface area contributed by atoms with Crippen molar-refractivity contribution in [3.05, 3.63) is 45.7 Å². The number of nitrogens with zero attached hydrogens (tertiary/aromatic N) is 4. The van der Waals surface area contributed by atoms with Crippen molar-refractivity contribution in [3.8, 4) is 5.75 Å². The molecule has 0 aliphatic rings. The van der Waals surface area contributed by atoms with Gasteiger partial charge in [0.15, 0.2) is 16.1 Å². The molecule has 0 fully saturated rings. The maximum atomic E-state index is 12.3. The highest BCUT2D eigenvalue weighted by Crippen LogP contribution is 2.24. The van der Waals surface area contributed by atoms with Gasteiger partial charge in [-0.25, -0.2) is 9.78 Å². The normalized spacial score (nSPS) is 10.8. The first-order valence-corrected chi connectivity index (χ1v) is 11.7. The molecular weight excluding hydrogens is 450 g/mol. The number of amides is 1. The van der Waals surface area contributed by atoms with E-state index in [1.54, 1.807) is 18.4 Å². The van der Waals surface area contributed by atoms with Crippen LogP contribution in [0, 0.1) is 20.8 Å². The number of carbonyl (C=O) groups is 2. The van der Waals surface area contributed by atoms with E-state index in [1.807, 2.05) is 33.0 Å². The molecule has 0 radical (unpaired) electrons. The molecule has 9 nitrogen and oxygen atoms in total. The van der Waals surface area contributed by atoms with Crippen LogP contribution in [0.25, 0.3) is 0 Å². The van der Waals surface area contributed by atoms with E-state index in [1.165, 1.54) is 17.3 Å². The van der Waals surface area contributed by atoms with Crippen LogP contribution in [0.2, 0.25) is 0 Å². The molecule has 170 valence electrons. The van der Waals surface area contributed by atoms with Gasteiger partial charge in [-0.3, -0.25) is 4.79 Å². The summed E-state index contributed by atoms with van der Waals surface area (Å²) in [6.45, 7) is 8.03. The van der Waals surface area contributed by atoms with E-state index in [2.05, 4.69) is 26.6 Å². The molecule has 1 amide bonds. The number of thiazole rings is 1. The van der Waals surface area contributed by atoms with E-state index in [-0.39, 0.29) is 24.9 Å². The highest BCUT2D eigenvalue weighted by atomic mass is 32.2. The topological polar surface area (TPSA) is 108 Å². The molecule has 3 rings (SSSR count). The second-order valence-corrected chi connectivity index (χ2v) is 8.95. The lowest BCUT2D eigenvalue weighted by molar-refractivity contribution is -0.113. The van der Waals surface area contributed by atoms with Crippen LogP contribution < -0.4 is 10.1 Å². The summed E-state index contributed by atoms with van der Waals surface area (Å²) in [5.41, 5.74) is 2.76. The third-order valence-electron chi connectivity index (χ3n) is 4.45. The quantitative estimate of drug-likeness (QED) is 0.369. The molecule has 0 aliphatic heterocycles. The predicted octanol–water partition coefficient (Wildman–Crippen LogP) is 3.68. The van der Waals surface area contributed by atoms with Crippen LogP contribution >= 0.6 is 23.1 Å². The van der Waals surface area contributed by atoms with Crippen molar-refractivity contribution in [2.75, 3.05) is 17.7 Å². The van der Waals surface area contributed by atoms with Gasteiger partial charge < -0.3 is 19.4 Å². The van der Waals surface area contributed by atoms with Crippen molar-refractivity contribution in [2.24, 2.45) is 7.05 Å². The van der Waals surface area contributed by atoms with Gasteiger partial charge in [-0.1, -0.05) is 40.8 Å². The standard InChI is InChI=1S/C21H25N5O4S2/c1-6-29-19(28)18-14(4)22-20(32-18)23-17(27)11-31-21-25-24-16(26(21)5)10-30-15-8-7-12(2)9-13(15)3/h7-9H,6,10-11H2,1-5H3,(H,22,23,27). The van der Waals surface area contributed by atoms with Crippen molar-refractivity contribution in [1.29, 1.82) is 0 Å². The Bertz CT molecular complexity index is 1130. The molecule has 0 unspecified atom stereocenters. The second kappa shape index (κ2) is 10.6. The average molecular weight is 476 g/mol. The van der Waals surface area contributed by atoms with Crippen molar-refractivity contribution >= 4 is 40.1 Å². The number of rotatable bonds is 9. The SMILES string of the molecule is CCOC(=O)c1sc(NC(=O)CSc2nnc(COc3ccc(C)cc3C)n2C)nc1C. The minimum Gasteiger partial charge on any atom is -0.485 e. The predicted molar refractivity (Wildman–Crippen MR) is 123 cm³/mol. The highest BCUT2D eigenvalue weighted by Gasteiger charge is 2.18. The largest absolute Gasteiger partial charge is 0.485 e. The smallest absolute Gasteiger partial charge is 0.350 e. The number of nitrogens with one attached hydrogen (secondary N) is 1. The highest BCUT2D eigenvalue weighted by molar-refractivity contribution is 7.99. The summed E-state index contributed by atoms with van der Waals surface area (Å²) in [7, 11) is 1.83. The molecule has 0 spiro atoms. The summed E-state index contributed by atoms with van der Waals surface area (Å²) in [5.74, 6) is 0.884. The van der Waals surface area contributed by atoms with Gasteiger partial charge in [0.05, 0.1) is 18.1 Å². The van der Waals surface area contributed by atoms with Crippen LogP contribution in [0.4, 0.5) is 5.13 Å². The van der Waals surface area contributed by atoms with Crippen molar-refractivity contribution < 1.29 is 19.1 Å². The van der Waals surface area contributed by atoms with Gasteiger partial charge in [0.2, 0.25) is 5.91 Å². The molecule has 1 aromatic carbocycles. The maximum Gasteiger partial charge on any atom is 0.350 e. The van der Waals surface area contributed by atoms with Gasteiger partial charge in [-0.05, 0) is 39.3 Å². The van der Waals surface area contributed by atoms with Crippen LogP contribution in [-0.4, -0.2) is 44.0 Å². The van der Waals surface area contributed by atoms with Gasteiger partial charge in [-0.15, -0.1) is 10.2 Å². The number of carbonyl (C=O) groups excluding carboxylic acids is 2. The van der Waals surface area contributed by atoms with E-state index in [0.717, 1.165) is 22.6 Å². The number of anilines is 1. The molecule has 0 bridgehead atoms. The molecular formula is C21H25N5O4S2. The zero-order valence-corrected chi connectivity index (χ0v) is 20.2. The van der Waals surface area contributed by atoms with Crippen LogP contribution in [-0.2, 0) is 23.2 Å². The van der Waals surface area contributed by atoms with E-state index in [0.29, 0.717) is 26.7 Å². The zero-order valence-electron chi connectivity index (χ0n) is 18.6. The molecule has 1 N–H and O–H groups in total. The van der Waals surface area contributed by atoms with Crippen LogP contribution in [0.5, 0.6) is 5.75 Å². The van der Waals surface area contributed by atoms with Crippen molar-refractivity contribution in [2.45, 2.75) is 39.5 Å². The van der Waals surface area contributed by atoms with Crippen molar-refractivity contribution in [1.82, 2.24) is 19.7 Å². The number of aryl methyl sites for hydroxylation is 3. The minimum absolute atomic E-state index is 0.122. The molecule has 2 heterocycles. The van der Waals surface area contributed by atoms with Crippen LogP contribution in [0.1, 0.15) is 39.2 Å². The number of hydrogen-bond donors (Lipinski definition) is 1. The lowest BCUT2D eigenvalue weighted by Gasteiger charge is -2.09. The molecule has 3 aromatic rings. The molecule has 2 aromatic heterocycles. The van der Waals surface area contributed by atoms with Crippen LogP contribution in [0.15, 0.2) is 23.4 Å². The maximum absolute atomic E-state index is 12.3. The Hall–Kier alpha value is -2.92. The molecule has 32 heavy (non-hydrogen) atoms. The zero-order chi connectivity index (χ0) is 23.3.